The highest BCUT2D eigenvalue weighted by Crippen LogP contribution is 2.63. The molecule has 1 amide bonds. The van der Waals surface area contributed by atoms with Crippen molar-refractivity contribution in [2.24, 2.45) is 22.5 Å². The number of hydrogen-bond donors (Lipinski definition) is 1. The number of primary amides is 1. The Morgan fingerprint density at radius 3 is 2.75 bits per heavy atom. The number of halogens is 2. The van der Waals surface area contributed by atoms with Gasteiger partial charge in [-0.25, -0.2) is 8.78 Å². The van der Waals surface area contributed by atoms with E-state index in [2.05, 4.69) is 18.8 Å². The molecule has 1 aliphatic carbocycles. The fourth-order valence-corrected chi connectivity index (χ4v) is 4.85. The number of rotatable bonds is 2. The quantitative estimate of drug-likeness (QED) is 0.920. The minimum Gasteiger partial charge on any atom is -0.370 e. The number of nitrogens with two attached hydrogens (primary N) is 1. The van der Waals surface area contributed by atoms with Crippen LogP contribution in [0, 0.1) is 28.4 Å². The van der Waals surface area contributed by atoms with E-state index >= 15 is 0 Å². The van der Waals surface area contributed by atoms with Gasteiger partial charge in [0.1, 0.15) is 11.3 Å². The number of carbonyl (C=O) groups excluding carboxylic acids is 1. The van der Waals surface area contributed by atoms with E-state index in [-0.39, 0.29) is 22.8 Å². The number of nitrogens with zero attached hydrogens (tertiary/aromatic N) is 2. The molecule has 6 heteroatoms. The lowest BCUT2D eigenvalue weighted by Crippen LogP contribution is -2.59. The molecule has 2 heterocycles. The highest BCUT2D eigenvalue weighted by Gasteiger charge is 2.66. The zero-order chi connectivity index (χ0) is 17.3. The van der Waals surface area contributed by atoms with E-state index in [1.54, 1.807) is 6.07 Å². The number of carbonyl (C=O) groups is 1. The molecule has 1 saturated carbocycles. The number of benzene rings is 1. The van der Waals surface area contributed by atoms with Gasteiger partial charge in [-0.2, -0.15) is 0 Å². The van der Waals surface area contributed by atoms with Crippen molar-refractivity contribution in [3.63, 3.8) is 0 Å². The van der Waals surface area contributed by atoms with Gasteiger partial charge < -0.3 is 10.6 Å². The van der Waals surface area contributed by atoms with Crippen LogP contribution in [-0.2, 0) is 4.79 Å². The first-order valence-corrected chi connectivity index (χ1v) is 8.03. The summed E-state index contributed by atoms with van der Waals surface area (Å²) in [6, 6.07) is 3.87. The maximum absolute atomic E-state index is 14.0. The predicted molar refractivity (Wildman–Crippen MR) is 87.4 cm³/mol. The second kappa shape index (κ2) is 4.65. The Morgan fingerprint density at radius 2 is 2.12 bits per heavy atom. The number of fused-ring (bicyclic) bond motifs is 2. The Balaban J connectivity index is 1.81. The van der Waals surface area contributed by atoms with Crippen LogP contribution in [0.4, 0.5) is 14.5 Å². The highest BCUT2D eigenvalue weighted by atomic mass is 19.1. The first-order chi connectivity index (χ1) is 11.2. The first-order valence-electron chi connectivity index (χ1n) is 8.03. The molecular formula is C18H19F2N3O. The molecule has 24 heavy (non-hydrogen) atoms. The summed E-state index contributed by atoms with van der Waals surface area (Å²) in [7, 11) is 0. The van der Waals surface area contributed by atoms with E-state index in [1.807, 2.05) is 4.90 Å². The molecule has 2 atom stereocenters. The average Bonchev–Trinajstić information content (AvgIpc) is 2.83. The maximum atomic E-state index is 14.0. The van der Waals surface area contributed by atoms with Gasteiger partial charge in [-0.1, -0.05) is 13.8 Å². The van der Waals surface area contributed by atoms with Gasteiger partial charge in [0.15, 0.2) is 5.82 Å². The van der Waals surface area contributed by atoms with Gasteiger partial charge in [-0.3, -0.25) is 9.78 Å². The number of hydrogen-bond acceptors (Lipinski definition) is 3. The van der Waals surface area contributed by atoms with E-state index in [4.69, 9.17) is 5.73 Å². The summed E-state index contributed by atoms with van der Waals surface area (Å²) >= 11 is 0. The van der Waals surface area contributed by atoms with E-state index < -0.39 is 17.0 Å². The Morgan fingerprint density at radius 1 is 1.38 bits per heavy atom. The largest absolute Gasteiger partial charge is 0.370 e. The van der Waals surface area contributed by atoms with E-state index in [9.17, 15) is 13.6 Å². The molecule has 2 N–H and O–H groups in total. The van der Waals surface area contributed by atoms with E-state index in [0.717, 1.165) is 12.5 Å². The Bertz CT molecular complexity index is 867. The number of aromatic nitrogens is 1. The lowest BCUT2D eigenvalue weighted by atomic mass is 9.48. The second-order valence-corrected chi connectivity index (χ2v) is 7.73. The Hall–Kier alpha value is -2.24. The van der Waals surface area contributed by atoms with Crippen LogP contribution in [-0.4, -0.2) is 24.0 Å². The third kappa shape index (κ3) is 1.88. The summed E-state index contributed by atoms with van der Waals surface area (Å²) in [6.07, 6.45) is 2.25. The van der Waals surface area contributed by atoms with E-state index in [1.165, 1.54) is 12.3 Å². The topological polar surface area (TPSA) is 59.2 Å². The van der Waals surface area contributed by atoms with Gasteiger partial charge >= 0.3 is 0 Å². The lowest BCUT2D eigenvalue weighted by molar-refractivity contribution is -0.148. The molecule has 1 aliphatic heterocycles. The van der Waals surface area contributed by atoms with Crippen molar-refractivity contribution in [1.29, 1.82) is 0 Å². The molecule has 0 spiro atoms. The normalized spacial score (nSPS) is 27.8. The maximum Gasteiger partial charge on any atom is 0.225 e. The summed E-state index contributed by atoms with van der Waals surface area (Å²) in [4.78, 5) is 18.1. The SMILES string of the molecule is CC1(C)C[C@]2(C(N)=O)CN(c3ccnc4c(F)cc(F)cc34)C[C@H]12. The second-order valence-electron chi connectivity index (χ2n) is 7.73. The molecule has 1 saturated heterocycles. The van der Waals surface area contributed by atoms with Gasteiger partial charge in [0, 0.05) is 36.4 Å². The molecular weight excluding hydrogens is 312 g/mol. The molecule has 0 bridgehead atoms. The molecule has 1 aromatic heterocycles. The zero-order valence-corrected chi connectivity index (χ0v) is 13.6. The zero-order valence-electron chi connectivity index (χ0n) is 13.6. The molecule has 126 valence electrons. The fraction of sp³-hybridized carbons (Fsp3) is 0.444. The number of anilines is 1. The summed E-state index contributed by atoms with van der Waals surface area (Å²) in [5.41, 5.74) is 6.02. The van der Waals surface area contributed by atoms with Crippen molar-refractivity contribution in [3.05, 3.63) is 36.0 Å². The van der Waals surface area contributed by atoms with Crippen LogP contribution < -0.4 is 10.6 Å². The van der Waals surface area contributed by atoms with Crippen molar-refractivity contribution < 1.29 is 13.6 Å². The summed E-state index contributed by atoms with van der Waals surface area (Å²) in [5, 5.41) is 0.425. The van der Waals surface area contributed by atoms with Gasteiger partial charge in [0.25, 0.3) is 0 Å². The van der Waals surface area contributed by atoms with Crippen LogP contribution in [0.3, 0.4) is 0 Å². The molecule has 2 fully saturated rings. The lowest BCUT2D eigenvalue weighted by Gasteiger charge is -2.54. The molecule has 1 aromatic carbocycles. The smallest absolute Gasteiger partial charge is 0.225 e. The van der Waals surface area contributed by atoms with Crippen LogP contribution in [0.25, 0.3) is 10.9 Å². The Kier molecular flexibility index (Phi) is 2.96. The molecule has 2 aliphatic rings. The minimum absolute atomic E-state index is 0.0309. The van der Waals surface area contributed by atoms with Crippen LogP contribution in [0.5, 0.6) is 0 Å². The van der Waals surface area contributed by atoms with Crippen molar-refractivity contribution in [1.82, 2.24) is 4.98 Å². The number of amides is 1. The van der Waals surface area contributed by atoms with Gasteiger partial charge in [0.2, 0.25) is 5.91 Å². The molecule has 4 rings (SSSR count). The van der Waals surface area contributed by atoms with Crippen LogP contribution in [0.2, 0.25) is 0 Å². The molecule has 4 nitrogen and oxygen atoms in total. The predicted octanol–water partition coefficient (Wildman–Crippen LogP) is 2.85. The minimum atomic E-state index is -0.682. The van der Waals surface area contributed by atoms with Crippen LogP contribution in [0.15, 0.2) is 24.4 Å². The third-order valence-electron chi connectivity index (χ3n) is 5.83. The van der Waals surface area contributed by atoms with Crippen LogP contribution >= 0.6 is 0 Å². The molecule has 0 unspecified atom stereocenters. The van der Waals surface area contributed by atoms with Gasteiger partial charge in [-0.15, -0.1) is 0 Å². The number of pyridine rings is 1. The highest BCUT2D eigenvalue weighted by molar-refractivity contribution is 5.93. The van der Waals surface area contributed by atoms with Gasteiger partial charge in [-0.05, 0) is 29.9 Å². The molecule has 0 radical (unpaired) electrons. The van der Waals surface area contributed by atoms with Crippen LogP contribution in [0.1, 0.15) is 20.3 Å². The molecule has 2 aromatic rings. The van der Waals surface area contributed by atoms with Crippen molar-refractivity contribution in [2.45, 2.75) is 20.3 Å². The summed E-state index contributed by atoms with van der Waals surface area (Å²) < 4.78 is 27.7. The summed E-state index contributed by atoms with van der Waals surface area (Å²) in [6.45, 7) is 5.39. The Labute approximate surface area is 138 Å². The van der Waals surface area contributed by atoms with Crippen molar-refractivity contribution >= 4 is 22.5 Å². The summed E-state index contributed by atoms with van der Waals surface area (Å²) in [5.74, 6) is -1.46. The third-order valence-corrected chi connectivity index (χ3v) is 5.83. The van der Waals surface area contributed by atoms with E-state index in [0.29, 0.717) is 24.2 Å². The first kappa shape index (κ1) is 15.3. The standard InChI is InChI=1S/C18H19F2N3O/c1-17(2)8-18(16(21)24)9-23(7-14(17)18)13-3-4-22-15-11(13)5-10(19)6-12(15)20/h3-6,14H,7-9H2,1-2H3,(H2,21,24)/t14-,18+/m1/s1. The average molecular weight is 331 g/mol. The fourth-order valence-electron chi connectivity index (χ4n) is 4.85. The monoisotopic (exact) mass is 331 g/mol. The van der Waals surface area contributed by atoms with Crippen molar-refractivity contribution in [2.75, 3.05) is 18.0 Å². The van der Waals surface area contributed by atoms with Crippen molar-refractivity contribution in [3.8, 4) is 0 Å². The van der Waals surface area contributed by atoms with Gasteiger partial charge in [0.05, 0.1) is 5.41 Å².